The third kappa shape index (κ3) is 6.94. The maximum atomic E-state index is 13.4. The Hall–Kier alpha value is -2.72. The van der Waals surface area contributed by atoms with E-state index in [0.29, 0.717) is 31.3 Å². The Kier molecular flexibility index (Phi) is 10.1. The second-order valence-corrected chi connectivity index (χ2v) is 10.7. The van der Waals surface area contributed by atoms with Gasteiger partial charge in [0.15, 0.2) is 0 Å². The van der Waals surface area contributed by atoms with Gasteiger partial charge in [0, 0.05) is 24.5 Å². The number of carbonyl (C=O) groups is 2. The van der Waals surface area contributed by atoms with Crippen LogP contribution in [0.15, 0.2) is 41.6 Å². The molecular weight excluding hydrogens is 544 g/mol. The van der Waals surface area contributed by atoms with Crippen LogP contribution in [0.1, 0.15) is 37.9 Å². The van der Waals surface area contributed by atoms with Crippen LogP contribution in [0.5, 0.6) is 0 Å². The molecule has 0 spiro atoms. The number of nitrogens with one attached hydrogen (secondary N) is 2. The molecule has 1 unspecified atom stereocenters. The first-order valence-electron chi connectivity index (χ1n) is 12.0. The molecule has 0 saturated carbocycles. The molecule has 0 bridgehead atoms. The van der Waals surface area contributed by atoms with Crippen LogP contribution in [0.2, 0.25) is 0 Å². The molecule has 2 aromatic rings. The van der Waals surface area contributed by atoms with Gasteiger partial charge in [-0.2, -0.15) is 0 Å². The lowest BCUT2D eigenvalue weighted by atomic mass is 9.91. The molecule has 1 saturated heterocycles. The van der Waals surface area contributed by atoms with Crippen molar-refractivity contribution in [1.82, 2.24) is 15.2 Å². The van der Waals surface area contributed by atoms with Gasteiger partial charge in [-0.1, -0.05) is 54.0 Å². The van der Waals surface area contributed by atoms with E-state index in [1.807, 2.05) is 50.5 Å². The van der Waals surface area contributed by atoms with Crippen molar-refractivity contribution in [3.8, 4) is 10.4 Å². The van der Waals surface area contributed by atoms with Crippen molar-refractivity contribution in [3.05, 3.63) is 52.9 Å². The number of thiazole rings is 1. The third-order valence-electron chi connectivity index (χ3n) is 6.13. The quantitative estimate of drug-likeness (QED) is 0.162. The summed E-state index contributed by atoms with van der Waals surface area (Å²) in [4.78, 5) is 33.4. The van der Waals surface area contributed by atoms with Gasteiger partial charge in [0.1, 0.15) is 11.8 Å². The number of rotatable bonds is 10. The summed E-state index contributed by atoms with van der Waals surface area (Å²) in [5.74, 6) is -2.03. The lowest BCUT2D eigenvalue weighted by Crippen LogP contribution is -2.48. The highest BCUT2D eigenvalue weighted by Crippen LogP contribution is 2.28. The highest BCUT2D eigenvalue weighted by Gasteiger charge is 2.39. The lowest BCUT2D eigenvalue weighted by Gasteiger charge is -2.29. The van der Waals surface area contributed by atoms with Gasteiger partial charge in [0.05, 0.1) is 28.6 Å². The number of hydrogen-bond acceptors (Lipinski definition) is 7. The number of halogens is 1. The highest BCUT2D eigenvalue weighted by molar-refractivity contribution is 9.09. The van der Waals surface area contributed by atoms with Crippen molar-refractivity contribution in [1.29, 1.82) is 5.41 Å². The SMILES string of the molecule is Cc1ncsc1-c1ccc(CNC(=O)[C@@H]2CCCN2C(=O)C(/C(O)=C/C(=N)OCCBr)C(C)C)cc1. The zero-order valence-electron chi connectivity index (χ0n) is 20.8. The molecule has 1 aliphatic rings. The summed E-state index contributed by atoms with van der Waals surface area (Å²) in [5.41, 5.74) is 4.88. The van der Waals surface area contributed by atoms with E-state index >= 15 is 0 Å². The van der Waals surface area contributed by atoms with Crippen molar-refractivity contribution < 1.29 is 19.4 Å². The second-order valence-electron chi connectivity index (χ2n) is 9.06. The number of amides is 2. The van der Waals surface area contributed by atoms with E-state index in [1.165, 1.54) is 6.08 Å². The minimum absolute atomic E-state index is 0.206. The van der Waals surface area contributed by atoms with Crippen LogP contribution in [-0.2, 0) is 20.9 Å². The molecule has 8 nitrogen and oxygen atoms in total. The van der Waals surface area contributed by atoms with Gasteiger partial charge >= 0.3 is 0 Å². The zero-order valence-corrected chi connectivity index (χ0v) is 23.2. The van der Waals surface area contributed by atoms with E-state index in [4.69, 9.17) is 10.1 Å². The van der Waals surface area contributed by atoms with Gasteiger partial charge < -0.3 is 20.1 Å². The normalized spacial score (nSPS) is 16.8. The lowest BCUT2D eigenvalue weighted by molar-refractivity contribution is -0.142. The van der Waals surface area contributed by atoms with Crippen molar-refractivity contribution in [2.24, 2.45) is 11.8 Å². The smallest absolute Gasteiger partial charge is 0.243 e. The predicted molar refractivity (Wildman–Crippen MR) is 145 cm³/mol. The molecule has 10 heteroatoms. The zero-order chi connectivity index (χ0) is 26.2. The Morgan fingerprint density at radius 1 is 1.36 bits per heavy atom. The number of aryl methyl sites for hydroxylation is 1. The maximum absolute atomic E-state index is 13.4. The number of carbonyl (C=O) groups excluding carboxylic acids is 2. The maximum Gasteiger partial charge on any atom is 0.243 e. The van der Waals surface area contributed by atoms with Crippen molar-refractivity contribution in [2.45, 2.75) is 46.2 Å². The fourth-order valence-electron chi connectivity index (χ4n) is 4.31. The number of hydrogen-bond donors (Lipinski definition) is 3. The van der Waals surface area contributed by atoms with Gasteiger partial charge in [0.25, 0.3) is 0 Å². The fraction of sp³-hybridized carbons (Fsp3) is 0.462. The average molecular weight is 578 g/mol. The molecule has 2 atom stereocenters. The Balaban J connectivity index is 1.64. The first-order chi connectivity index (χ1) is 17.2. The Morgan fingerprint density at radius 2 is 2.08 bits per heavy atom. The van der Waals surface area contributed by atoms with Gasteiger partial charge in [-0.15, -0.1) is 11.3 Å². The topological polar surface area (TPSA) is 116 Å². The van der Waals surface area contributed by atoms with E-state index in [-0.39, 0.29) is 36.0 Å². The molecule has 3 N–H and O–H groups in total. The molecule has 36 heavy (non-hydrogen) atoms. The monoisotopic (exact) mass is 576 g/mol. The highest BCUT2D eigenvalue weighted by atomic mass is 79.9. The van der Waals surface area contributed by atoms with Crippen molar-refractivity contribution in [3.63, 3.8) is 0 Å². The third-order valence-corrected chi connectivity index (χ3v) is 7.43. The van der Waals surface area contributed by atoms with Gasteiger partial charge in [-0.05, 0) is 36.8 Å². The largest absolute Gasteiger partial charge is 0.511 e. The number of aliphatic hydroxyl groups is 1. The minimum Gasteiger partial charge on any atom is -0.511 e. The van der Waals surface area contributed by atoms with Crippen molar-refractivity contribution >= 4 is 45.0 Å². The molecule has 1 aromatic carbocycles. The molecule has 1 fully saturated rings. The number of likely N-dealkylation sites (tertiary alicyclic amines) is 1. The van der Waals surface area contributed by atoms with E-state index in [2.05, 4.69) is 26.2 Å². The molecular formula is C26H33BrN4O4S. The Morgan fingerprint density at radius 3 is 2.69 bits per heavy atom. The number of ether oxygens (including phenoxy) is 1. The molecule has 1 aliphatic heterocycles. The van der Waals surface area contributed by atoms with Crippen molar-refractivity contribution in [2.75, 3.05) is 18.5 Å². The van der Waals surface area contributed by atoms with Gasteiger partial charge in [-0.3, -0.25) is 15.0 Å². The van der Waals surface area contributed by atoms with E-state index < -0.39 is 12.0 Å². The van der Waals surface area contributed by atoms with Crippen LogP contribution in [0.3, 0.4) is 0 Å². The summed E-state index contributed by atoms with van der Waals surface area (Å²) in [5, 5.41) is 22.0. The van der Waals surface area contributed by atoms with Crippen LogP contribution in [-0.4, -0.2) is 57.2 Å². The summed E-state index contributed by atoms with van der Waals surface area (Å²) in [6, 6.07) is 7.42. The second kappa shape index (κ2) is 13.0. The Labute approximate surface area is 224 Å². The summed E-state index contributed by atoms with van der Waals surface area (Å²) >= 11 is 4.82. The number of aromatic nitrogens is 1. The molecule has 0 radical (unpaired) electrons. The fourth-order valence-corrected chi connectivity index (χ4v) is 5.28. The van der Waals surface area contributed by atoms with Crippen LogP contribution in [0.4, 0.5) is 0 Å². The van der Waals surface area contributed by atoms with Crippen LogP contribution in [0, 0.1) is 24.2 Å². The summed E-state index contributed by atoms with van der Waals surface area (Å²) in [6.45, 7) is 6.74. The average Bonchev–Trinajstić information content (AvgIpc) is 3.50. The summed E-state index contributed by atoms with van der Waals surface area (Å²) in [6.07, 6.45) is 2.46. The number of nitrogens with zero attached hydrogens (tertiary/aromatic N) is 2. The molecule has 2 heterocycles. The van der Waals surface area contributed by atoms with E-state index in [0.717, 1.165) is 21.7 Å². The predicted octanol–water partition coefficient (Wildman–Crippen LogP) is 4.83. The van der Waals surface area contributed by atoms with Gasteiger partial charge in [0.2, 0.25) is 17.7 Å². The van der Waals surface area contributed by atoms with Crippen LogP contribution in [0.25, 0.3) is 10.4 Å². The number of alkyl halides is 1. The van der Waals surface area contributed by atoms with Gasteiger partial charge in [-0.25, -0.2) is 4.98 Å². The van der Waals surface area contributed by atoms with Crippen LogP contribution < -0.4 is 5.32 Å². The Bertz CT molecular complexity index is 1100. The standard InChI is InChI=1S/C26H33BrN4O4S/c1-16(2)23(21(32)13-22(28)35-12-10-27)26(34)31-11-4-5-20(31)25(33)29-14-18-6-8-19(9-7-18)24-17(3)30-15-36-24/h6-9,13,15-16,20,23,28,32H,4-5,10-12,14H2,1-3H3,(H,29,33)/b21-13-,28-22?/t20-,23?/m0/s1. The molecule has 3 rings (SSSR count). The first kappa shape index (κ1) is 27.9. The molecule has 0 aliphatic carbocycles. The molecule has 2 amide bonds. The molecule has 194 valence electrons. The first-order valence-corrected chi connectivity index (χ1v) is 14.0. The summed E-state index contributed by atoms with van der Waals surface area (Å²) < 4.78 is 5.17. The van der Waals surface area contributed by atoms with Crippen LogP contribution >= 0.6 is 27.3 Å². The number of aliphatic hydroxyl groups excluding tert-OH is 1. The minimum atomic E-state index is -0.853. The summed E-state index contributed by atoms with van der Waals surface area (Å²) in [7, 11) is 0. The van der Waals surface area contributed by atoms with E-state index in [9.17, 15) is 14.7 Å². The molecule has 1 aromatic heterocycles. The number of benzene rings is 1. The van der Waals surface area contributed by atoms with E-state index in [1.54, 1.807) is 16.2 Å².